The molecular formula is C56H58Cl2N4O16. The van der Waals surface area contributed by atoms with E-state index in [9.17, 15) is 39.0 Å². The first-order valence-electron chi connectivity index (χ1n) is 23.1. The Morgan fingerprint density at radius 2 is 0.808 bits per heavy atom. The number of carbonyl (C=O) groups excluding carboxylic acids is 2. The van der Waals surface area contributed by atoms with Gasteiger partial charge < -0.3 is 68.9 Å². The highest BCUT2D eigenvalue weighted by atomic mass is 35.5. The van der Waals surface area contributed by atoms with Crippen LogP contribution >= 0.6 is 24.8 Å². The number of hydrogen-bond donors (Lipinski definition) is 6. The highest BCUT2D eigenvalue weighted by Gasteiger charge is 2.19. The van der Waals surface area contributed by atoms with Gasteiger partial charge in [0.05, 0.1) is 47.7 Å². The van der Waals surface area contributed by atoms with E-state index in [-0.39, 0.29) is 125 Å². The molecule has 0 atom stereocenters. The molecular weight excluding hydrogens is 1060 g/mol. The lowest BCUT2D eigenvalue weighted by atomic mass is 10.2. The Hall–Kier alpha value is -8.92. The lowest BCUT2D eigenvalue weighted by Crippen LogP contribution is -2.32. The molecule has 0 aliphatic rings. The van der Waals surface area contributed by atoms with Crippen LogP contribution in [0.2, 0.25) is 0 Å². The first-order valence-corrected chi connectivity index (χ1v) is 23.1. The van der Waals surface area contributed by atoms with E-state index in [0.717, 1.165) is 0 Å². The Morgan fingerprint density at radius 3 is 1.14 bits per heavy atom. The van der Waals surface area contributed by atoms with Crippen LogP contribution in [0.4, 0.5) is 9.59 Å². The molecule has 0 bridgehead atoms. The molecule has 8 rings (SSSR count). The van der Waals surface area contributed by atoms with Gasteiger partial charge in [0.25, 0.3) is 0 Å². The van der Waals surface area contributed by atoms with Gasteiger partial charge in [-0.1, -0.05) is 36.1 Å². The number of amides is 2. The smallest absolute Gasteiger partial charge is 0.408 e. The second-order valence-electron chi connectivity index (χ2n) is 18.0. The molecule has 8 aromatic rings. The molecule has 2 amide bonds. The van der Waals surface area contributed by atoms with Gasteiger partial charge in [-0.3, -0.25) is 19.2 Å². The minimum absolute atomic E-state index is 0. The van der Waals surface area contributed by atoms with E-state index in [1.807, 2.05) is 0 Å². The molecule has 0 aliphatic heterocycles. The van der Waals surface area contributed by atoms with Crippen molar-refractivity contribution >= 4 is 80.9 Å². The molecule has 4 aromatic carbocycles. The van der Waals surface area contributed by atoms with Gasteiger partial charge >= 0.3 is 12.2 Å². The van der Waals surface area contributed by atoms with Gasteiger partial charge in [-0.15, -0.1) is 37.7 Å². The average molecular weight is 1110 g/mol. The van der Waals surface area contributed by atoms with E-state index >= 15 is 0 Å². The molecule has 0 spiro atoms. The number of terminal acetylenes is 2. The number of para-hydroxylation sites is 4. The third kappa shape index (κ3) is 18.1. The molecule has 22 heteroatoms. The summed E-state index contributed by atoms with van der Waals surface area (Å²) in [6.45, 7) is 11.0. The van der Waals surface area contributed by atoms with Crippen LogP contribution in [-0.2, 0) is 35.7 Å². The summed E-state index contributed by atoms with van der Waals surface area (Å²) in [6, 6.07) is 24.6. The molecule has 78 heavy (non-hydrogen) atoms. The molecule has 0 aliphatic carbocycles. The van der Waals surface area contributed by atoms with Gasteiger partial charge in [0, 0.05) is 24.3 Å². The standard InChI is InChI=1S/C18H19NO5.C15H17NO5.C13H11NO3.C10H9NO3.2ClH/c1-5-9-22-15-8-6-7-13-14(20)10-12(23-16(13)15)11-19-17(21)24-18(2,3)4;1-15(2,3)21-14(19)16-8-9-7-12(18)10-5-4-6-11(17)13(10)20-9;1-2-6-16-12-5-3-4-10-11(15)7-9(8-14)17-13(10)12;11-5-6-4-9(13)7-2-1-3-8(12)10(7)14-6;;/h1,6-8,10H,9,11H2,2-4H3,(H,19,21);4-7,17H,8H2,1-3H3,(H,16,19);1,3-5,7H,6,8,14H2;1-4,12H,5,11H2;2*1H. The number of fused-ring (bicyclic) bond motifs is 4. The summed E-state index contributed by atoms with van der Waals surface area (Å²) in [7, 11) is 0. The average Bonchev–Trinajstić information content (AvgIpc) is 3.37. The lowest BCUT2D eigenvalue weighted by molar-refractivity contribution is 0.0509. The van der Waals surface area contributed by atoms with E-state index in [1.165, 1.54) is 36.4 Å². The third-order valence-electron chi connectivity index (χ3n) is 9.75. The largest absolute Gasteiger partial charge is 0.504 e. The number of carbonyl (C=O) groups is 2. The molecule has 0 saturated heterocycles. The van der Waals surface area contributed by atoms with Crippen LogP contribution in [0.3, 0.4) is 0 Å². The zero-order valence-corrected chi connectivity index (χ0v) is 44.8. The minimum atomic E-state index is -0.609. The highest BCUT2D eigenvalue weighted by Crippen LogP contribution is 2.27. The molecule has 0 fully saturated rings. The maximum atomic E-state index is 12.2. The van der Waals surface area contributed by atoms with Crippen molar-refractivity contribution in [3.05, 3.63) is 161 Å². The predicted octanol–water partition coefficient (Wildman–Crippen LogP) is 8.42. The number of phenolic OH excluding ortho intramolecular Hbond substituents is 2. The molecule has 20 nitrogen and oxygen atoms in total. The SMILES string of the molecule is C#CCOc1cccc2c(=O)cc(CN)oc12.C#CCOc1cccc2c(=O)cc(CNC(=O)OC(C)(C)C)oc12.CC(C)(C)OC(=O)NCc1cc(=O)c2cccc(O)c2o1.Cl.Cl.NCc1cc(=O)c2cccc(O)c2o1. The monoisotopic (exact) mass is 1110 g/mol. The zero-order chi connectivity index (χ0) is 55.7. The fraction of sp³-hybridized carbons (Fsp3) is 0.250. The number of benzene rings is 4. The van der Waals surface area contributed by atoms with E-state index in [0.29, 0.717) is 50.3 Å². The molecule has 0 radical (unpaired) electrons. The molecule has 8 N–H and O–H groups in total. The van der Waals surface area contributed by atoms with E-state index in [2.05, 4.69) is 22.5 Å². The van der Waals surface area contributed by atoms with Crippen LogP contribution in [-0.4, -0.2) is 46.8 Å². The number of rotatable bonds is 10. The van der Waals surface area contributed by atoms with Crippen molar-refractivity contribution in [1.29, 1.82) is 0 Å². The van der Waals surface area contributed by atoms with Crippen molar-refractivity contribution in [3.63, 3.8) is 0 Å². The molecule has 4 heterocycles. The summed E-state index contributed by atoms with van der Waals surface area (Å²) in [4.78, 5) is 70.6. The number of ether oxygens (including phenoxy) is 4. The maximum absolute atomic E-state index is 12.2. The summed E-state index contributed by atoms with van der Waals surface area (Å²) >= 11 is 0. The van der Waals surface area contributed by atoms with Gasteiger partial charge in [-0.25, -0.2) is 9.59 Å². The molecule has 4 aromatic heterocycles. The highest BCUT2D eigenvalue weighted by molar-refractivity contribution is 5.86. The normalized spacial score (nSPS) is 10.5. The van der Waals surface area contributed by atoms with Gasteiger partial charge in [0.15, 0.2) is 67.0 Å². The first kappa shape index (κ1) is 63.4. The minimum Gasteiger partial charge on any atom is -0.504 e. The number of aromatic hydroxyl groups is 2. The summed E-state index contributed by atoms with van der Waals surface area (Å²) in [5.41, 5.74) is 9.71. The van der Waals surface area contributed by atoms with Crippen LogP contribution < -0.4 is 53.3 Å². The van der Waals surface area contributed by atoms with Crippen LogP contribution in [0.5, 0.6) is 23.0 Å². The van der Waals surface area contributed by atoms with Crippen molar-refractivity contribution in [2.75, 3.05) is 13.2 Å². The van der Waals surface area contributed by atoms with Gasteiger partial charge in [-0.2, -0.15) is 0 Å². The lowest BCUT2D eigenvalue weighted by Gasteiger charge is -2.19. The Balaban J connectivity index is 0.000000276. The van der Waals surface area contributed by atoms with E-state index in [4.69, 9.17) is 60.9 Å². The van der Waals surface area contributed by atoms with Crippen molar-refractivity contribution in [3.8, 4) is 47.7 Å². The number of halogens is 2. The number of nitrogens with two attached hydrogens (primary N) is 2. The van der Waals surface area contributed by atoms with Gasteiger partial charge in [-0.05, 0) is 90.1 Å². The van der Waals surface area contributed by atoms with Gasteiger partial charge in [0.1, 0.15) is 47.5 Å². The van der Waals surface area contributed by atoms with Crippen LogP contribution in [0, 0.1) is 24.7 Å². The number of phenols is 2. The Morgan fingerprint density at radius 1 is 0.513 bits per heavy atom. The van der Waals surface area contributed by atoms with Gasteiger partial charge in [0.2, 0.25) is 0 Å². The summed E-state index contributed by atoms with van der Waals surface area (Å²) in [6.07, 6.45) is 9.10. The molecule has 0 saturated carbocycles. The third-order valence-corrected chi connectivity index (χ3v) is 9.75. The molecule has 0 unspecified atom stereocenters. The van der Waals surface area contributed by atoms with Crippen LogP contribution in [0.15, 0.2) is 134 Å². The topological polar surface area (TPSA) is 308 Å². The van der Waals surface area contributed by atoms with Crippen molar-refractivity contribution < 1.29 is 56.4 Å². The van der Waals surface area contributed by atoms with Crippen molar-refractivity contribution in [1.82, 2.24) is 10.6 Å². The maximum Gasteiger partial charge on any atom is 0.408 e. The number of alkyl carbamates (subject to hydrolysis) is 2. The van der Waals surface area contributed by atoms with E-state index < -0.39 is 23.4 Å². The predicted molar refractivity (Wildman–Crippen MR) is 298 cm³/mol. The Labute approximate surface area is 458 Å². The van der Waals surface area contributed by atoms with Crippen molar-refractivity contribution in [2.45, 2.75) is 78.9 Å². The fourth-order valence-corrected chi connectivity index (χ4v) is 6.61. The Kier molecular flexibility index (Phi) is 23.4. The van der Waals surface area contributed by atoms with Crippen LogP contribution in [0.25, 0.3) is 43.9 Å². The van der Waals surface area contributed by atoms with Crippen LogP contribution in [0.1, 0.15) is 64.6 Å². The van der Waals surface area contributed by atoms with E-state index in [1.54, 1.807) is 102 Å². The fourth-order valence-electron chi connectivity index (χ4n) is 6.61. The quantitative estimate of drug-likeness (QED) is 0.0700. The number of hydrogen-bond acceptors (Lipinski definition) is 18. The number of nitrogens with one attached hydrogen (secondary N) is 2. The summed E-state index contributed by atoms with van der Waals surface area (Å²) in [5, 5.41) is 25.7. The summed E-state index contributed by atoms with van der Waals surface area (Å²) < 4.78 is 42.8. The Bertz CT molecular complexity index is 3710. The molecule has 412 valence electrons. The second-order valence-corrected chi connectivity index (χ2v) is 18.0. The van der Waals surface area contributed by atoms with Crippen molar-refractivity contribution in [2.24, 2.45) is 11.5 Å². The second kappa shape index (κ2) is 28.8. The zero-order valence-electron chi connectivity index (χ0n) is 43.2. The summed E-state index contributed by atoms with van der Waals surface area (Å²) in [5.74, 6) is 6.68. The first-order chi connectivity index (χ1) is 36.0.